The Kier molecular flexibility index (Phi) is 4.74. The molecule has 0 saturated carbocycles. The van der Waals surface area contributed by atoms with Crippen LogP contribution < -0.4 is 5.32 Å². The highest BCUT2D eigenvalue weighted by molar-refractivity contribution is 5.89. The summed E-state index contributed by atoms with van der Waals surface area (Å²) in [7, 11) is 1.67. The van der Waals surface area contributed by atoms with Crippen LogP contribution in [0.4, 0.5) is 14.9 Å². The molecular weight excluding hydrogens is 247 g/mol. The molecule has 0 bridgehead atoms. The van der Waals surface area contributed by atoms with Crippen molar-refractivity contribution in [2.45, 2.75) is 12.8 Å². The van der Waals surface area contributed by atoms with Crippen LogP contribution in [0.15, 0.2) is 24.3 Å². The SMILES string of the molecule is COCC1CCCN(C(=O)Nc2ccccc2F)C1. The highest BCUT2D eigenvalue weighted by Gasteiger charge is 2.23. The molecule has 2 amide bonds. The second kappa shape index (κ2) is 6.52. The molecule has 1 heterocycles. The number of halogens is 1. The van der Waals surface area contributed by atoms with Gasteiger partial charge in [-0.1, -0.05) is 12.1 Å². The van der Waals surface area contributed by atoms with Crippen molar-refractivity contribution in [3.05, 3.63) is 30.1 Å². The number of hydrogen-bond acceptors (Lipinski definition) is 2. The Labute approximate surface area is 112 Å². The molecule has 19 heavy (non-hydrogen) atoms. The molecule has 0 spiro atoms. The molecule has 1 aromatic carbocycles. The van der Waals surface area contributed by atoms with Crippen LogP contribution in [0.1, 0.15) is 12.8 Å². The normalized spacial score (nSPS) is 19.3. The minimum atomic E-state index is -0.415. The molecule has 1 fully saturated rings. The van der Waals surface area contributed by atoms with Crippen molar-refractivity contribution in [2.75, 3.05) is 32.1 Å². The van der Waals surface area contributed by atoms with Gasteiger partial charge >= 0.3 is 6.03 Å². The summed E-state index contributed by atoms with van der Waals surface area (Å²) in [6.45, 7) is 2.03. The van der Waals surface area contributed by atoms with Gasteiger partial charge in [-0.2, -0.15) is 0 Å². The number of ether oxygens (including phenoxy) is 1. The second-order valence-corrected chi connectivity index (χ2v) is 4.82. The Balaban J connectivity index is 1.94. The molecule has 1 aliphatic heterocycles. The van der Waals surface area contributed by atoms with Crippen LogP contribution in [-0.4, -0.2) is 37.7 Å². The number of anilines is 1. The monoisotopic (exact) mass is 266 g/mol. The Morgan fingerprint density at radius 1 is 1.53 bits per heavy atom. The first kappa shape index (κ1) is 13.8. The molecule has 0 aromatic heterocycles. The third kappa shape index (κ3) is 3.67. The summed E-state index contributed by atoms with van der Waals surface area (Å²) in [6, 6.07) is 5.94. The standard InChI is InChI=1S/C14H19FN2O2/c1-19-10-11-5-4-8-17(9-11)14(18)16-13-7-3-2-6-12(13)15/h2-3,6-7,11H,4-5,8-10H2,1H3,(H,16,18). The van der Waals surface area contributed by atoms with E-state index >= 15 is 0 Å². The number of carbonyl (C=O) groups excluding carboxylic acids is 1. The Morgan fingerprint density at radius 2 is 2.32 bits per heavy atom. The van der Waals surface area contributed by atoms with E-state index in [0.717, 1.165) is 12.8 Å². The van der Waals surface area contributed by atoms with Gasteiger partial charge in [-0.3, -0.25) is 0 Å². The number of rotatable bonds is 3. The minimum Gasteiger partial charge on any atom is -0.384 e. The van der Waals surface area contributed by atoms with Crippen LogP contribution >= 0.6 is 0 Å². The van der Waals surface area contributed by atoms with Crippen LogP contribution in [0.2, 0.25) is 0 Å². The van der Waals surface area contributed by atoms with Crippen LogP contribution in [0.3, 0.4) is 0 Å². The van der Waals surface area contributed by atoms with Crippen LogP contribution in [-0.2, 0) is 4.74 Å². The number of para-hydroxylation sites is 1. The zero-order valence-corrected chi connectivity index (χ0v) is 11.1. The van der Waals surface area contributed by atoms with Gasteiger partial charge in [0.05, 0.1) is 12.3 Å². The van der Waals surface area contributed by atoms with Crippen molar-refractivity contribution in [3.8, 4) is 0 Å². The van der Waals surface area contributed by atoms with Crippen LogP contribution in [0.5, 0.6) is 0 Å². The summed E-state index contributed by atoms with van der Waals surface area (Å²) in [5.41, 5.74) is 0.223. The summed E-state index contributed by atoms with van der Waals surface area (Å²) >= 11 is 0. The molecule has 5 heteroatoms. The maximum Gasteiger partial charge on any atom is 0.321 e. The number of methoxy groups -OCH3 is 1. The Hall–Kier alpha value is -1.62. The average molecular weight is 266 g/mol. The maximum absolute atomic E-state index is 13.5. The molecule has 1 atom stereocenters. The minimum absolute atomic E-state index is 0.223. The fourth-order valence-electron chi connectivity index (χ4n) is 2.38. The number of nitrogens with one attached hydrogen (secondary N) is 1. The number of urea groups is 1. The van der Waals surface area contributed by atoms with Gasteiger partial charge in [0, 0.05) is 26.1 Å². The van der Waals surface area contributed by atoms with Gasteiger partial charge in [-0.05, 0) is 25.0 Å². The van der Waals surface area contributed by atoms with Gasteiger partial charge in [0.2, 0.25) is 0 Å². The van der Waals surface area contributed by atoms with Gasteiger partial charge < -0.3 is 15.0 Å². The zero-order chi connectivity index (χ0) is 13.7. The summed E-state index contributed by atoms with van der Waals surface area (Å²) in [5.74, 6) is -0.0496. The van der Waals surface area contributed by atoms with Crippen LogP contribution in [0.25, 0.3) is 0 Å². The van der Waals surface area contributed by atoms with Gasteiger partial charge in [-0.15, -0.1) is 0 Å². The Morgan fingerprint density at radius 3 is 3.05 bits per heavy atom. The van der Waals surface area contributed by atoms with Gasteiger partial charge in [-0.25, -0.2) is 9.18 Å². The van der Waals surface area contributed by atoms with Crippen molar-refractivity contribution in [2.24, 2.45) is 5.92 Å². The maximum atomic E-state index is 13.5. The molecule has 104 valence electrons. The quantitative estimate of drug-likeness (QED) is 0.914. The van der Waals surface area contributed by atoms with E-state index < -0.39 is 5.82 Å². The van der Waals surface area contributed by atoms with Crippen molar-refractivity contribution >= 4 is 11.7 Å². The number of piperidine rings is 1. The summed E-state index contributed by atoms with van der Waals surface area (Å²) in [4.78, 5) is 13.8. The molecule has 4 nitrogen and oxygen atoms in total. The van der Waals surface area contributed by atoms with Gasteiger partial charge in [0.15, 0.2) is 0 Å². The van der Waals surface area contributed by atoms with Crippen molar-refractivity contribution in [1.29, 1.82) is 0 Å². The fraction of sp³-hybridized carbons (Fsp3) is 0.500. The molecule has 1 aromatic rings. The van der Waals surface area contributed by atoms with Gasteiger partial charge in [0.1, 0.15) is 5.82 Å². The first-order valence-corrected chi connectivity index (χ1v) is 6.50. The highest BCUT2D eigenvalue weighted by Crippen LogP contribution is 2.19. The highest BCUT2D eigenvalue weighted by atomic mass is 19.1. The molecule has 1 aliphatic rings. The molecule has 1 N–H and O–H groups in total. The predicted molar refractivity (Wildman–Crippen MR) is 71.6 cm³/mol. The van der Waals surface area contributed by atoms with E-state index in [1.807, 2.05) is 0 Å². The lowest BCUT2D eigenvalue weighted by Gasteiger charge is -2.32. The van der Waals surface area contributed by atoms with E-state index in [0.29, 0.717) is 25.6 Å². The van der Waals surface area contributed by atoms with E-state index in [2.05, 4.69) is 5.32 Å². The zero-order valence-electron chi connectivity index (χ0n) is 11.1. The number of likely N-dealkylation sites (tertiary alicyclic amines) is 1. The lowest BCUT2D eigenvalue weighted by atomic mass is 9.99. The van der Waals surface area contributed by atoms with Crippen molar-refractivity contribution in [1.82, 2.24) is 4.90 Å². The molecule has 2 rings (SSSR count). The molecule has 1 saturated heterocycles. The van der Waals surface area contributed by atoms with E-state index in [1.54, 1.807) is 30.2 Å². The number of nitrogens with zero attached hydrogens (tertiary/aromatic N) is 1. The number of carbonyl (C=O) groups is 1. The largest absolute Gasteiger partial charge is 0.384 e. The molecular formula is C14H19FN2O2. The van der Waals surface area contributed by atoms with Crippen LogP contribution in [0, 0.1) is 11.7 Å². The first-order chi connectivity index (χ1) is 9.20. The lowest BCUT2D eigenvalue weighted by molar-refractivity contribution is 0.104. The van der Waals surface area contributed by atoms with E-state index in [4.69, 9.17) is 4.74 Å². The van der Waals surface area contributed by atoms with E-state index in [9.17, 15) is 9.18 Å². The van der Waals surface area contributed by atoms with Gasteiger partial charge in [0.25, 0.3) is 0 Å². The Bertz CT molecular complexity index is 437. The third-order valence-electron chi connectivity index (χ3n) is 3.32. The number of hydrogen-bond donors (Lipinski definition) is 1. The molecule has 0 radical (unpaired) electrons. The second-order valence-electron chi connectivity index (χ2n) is 4.82. The summed E-state index contributed by atoms with van der Waals surface area (Å²) < 4.78 is 18.6. The first-order valence-electron chi connectivity index (χ1n) is 6.50. The molecule has 0 aliphatic carbocycles. The smallest absolute Gasteiger partial charge is 0.321 e. The number of benzene rings is 1. The number of amides is 2. The van der Waals surface area contributed by atoms with Crippen molar-refractivity contribution in [3.63, 3.8) is 0 Å². The summed E-state index contributed by atoms with van der Waals surface area (Å²) in [5, 5.41) is 2.61. The average Bonchev–Trinajstić information content (AvgIpc) is 2.42. The third-order valence-corrected chi connectivity index (χ3v) is 3.32. The van der Waals surface area contributed by atoms with E-state index in [-0.39, 0.29) is 11.7 Å². The summed E-state index contributed by atoms with van der Waals surface area (Å²) in [6.07, 6.45) is 2.02. The van der Waals surface area contributed by atoms with Crippen molar-refractivity contribution < 1.29 is 13.9 Å². The lowest BCUT2D eigenvalue weighted by Crippen LogP contribution is -2.43. The van der Waals surface area contributed by atoms with E-state index in [1.165, 1.54) is 6.07 Å². The topological polar surface area (TPSA) is 41.6 Å². The molecule has 1 unspecified atom stereocenters. The fourth-order valence-corrected chi connectivity index (χ4v) is 2.38. The predicted octanol–water partition coefficient (Wildman–Crippen LogP) is 2.72.